The van der Waals surface area contributed by atoms with E-state index in [0.29, 0.717) is 12.1 Å². The standard InChI is InChI=1S/C19H39N3O/c1-16(2)12-18(5)13-20-6-8-21(9-7-20)14-19-15-22(17(3)4)10-11-23-19/h16-19H,6-15H2,1-5H3/t18-,19+/m1/s1. The quantitative estimate of drug-likeness (QED) is 0.715. The lowest BCUT2D eigenvalue weighted by atomic mass is 9.98. The molecule has 2 saturated heterocycles. The predicted molar refractivity (Wildman–Crippen MR) is 97.9 cm³/mol. The molecule has 0 aliphatic carbocycles. The Balaban J connectivity index is 1.66. The normalized spacial score (nSPS) is 27.0. The van der Waals surface area contributed by atoms with Crippen molar-refractivity contribution in [3.05, 3.63) is 0 Å². The van der Waals surface area contributed by atoms with E-state index in [4.69, 9.17) is 4.74 Å². The first-order valence-corrected chi connectivity index (χ1v) is 9.74. The third kappa shape index (κ3) is 6.69. The van der Waals surface area contributed by atoms with E-state index in [2.05, 4.69) is 49.3 Å². The second-order valence-electron chi connectivity index (χ2n) is 8.42. The molecule has 0 spiro atoms. The molecule has 2 fully saturated rings. The maximum absolute atomic E-state index is 6.00. The molecule has 0 aromatic rings. The van der Waals surface area contributed by atoms with Gasteiger partial charge in [-0.25, -0.2) is 0 Å². The molecule has 2 rings (SSSR count). The van der Waals surface area contributed by atoms with Gasteiger partial charge in [0.25, 0.3) is 0 Å². The van der Waals surface area contributed by atoms with Crippen molar-refractivity contribution in [2.45, 2.75) is 53.2 Å². The highest BCUT2D eigenvalue weighted by molar-refractivity contribution is 4.80. The Morgan fingerprint density at radius 2 is 1.57 bits per heavy atom. The molecule has 23 heavy (non-hydrogen) atoms. The van der Waals surface area contributed by atoms with E-state index < -0.39 is 0 Å². The van der Waals surface area contributed by atoms with Gasteiger partial charge in [0.05, 0.1) is 12.7 Å². The van der Waals surface area contributed by atoms with Gasteiger partial charge in [0.15, 0.2) is 0 Å². The van der Waals surface area contributed by atoms with Crippen molar-refractivity contribution in [2.24, 2.45) is 11.8 Å². The van der Waals surface area contributed by atoms with E-state index in [9.17, 15) is 0 Å². The summed E-state index contributed by atoms with van der Waals surface area (Å²) in [6, 6.07) is 0.640. The van der Waals surface area contributed by atoms with Crippen molar-refractivity contribution in [3.8, 4) is 0 Å². The molecule has 2 aliphatic rings. The molecular weight excluding hydrogens is 286 g/mol. The van der Waals surface area contributed by atoms with E-state index in [1.807, 2.05) is 0 Å². The van der Waals surface area contributed by atoms with Crippen molar-refractivity contribution in [2.75, 3.05) is 59.0 Å². The summed E-state index contributed by atoms with van der Waals surface area (Å²) >= 11 is 0. The zero-order valence-electron chi connectivity index (χ0n) is 16.1. The van der Waals surface area contributed by atoms with Crippen LogP contribution in [0.3, 0.4) is 0 Å². The molecule has 0 amide bonds. The van der Waals surface area contributed by atoms with Gasteiger partial charge in [-0.05, 0) is 32.1 Å². The summed E-state index contributed by atoms with van der Waals surface area (Å²) in [5, 5.41) is 0. The molecule has 0 radical (unpaired) electrons. The molecule has 0 unspecified atom stereocenters. The number of morpholine rings is 1. The average molecular weight is 326 g/mol. The van der Waals surface area contributed by atoms with Gasteiger partial charge in [-0.2, -0.15) is 0 Å². The Morgan fingerprint density at radius 3 is 2.17 bits per heavy atom. The maximum Gasteiger partial charge on any atom is 0.0829 e. The second-order valence-corrected chi connectivity index (χ2v) is 8.42. The Bertz CT molecular complexity index is 327. The number of rotatable bonds is 7. The summed E-state index contributed by atoms with van der Waals surface area (Å²) in [6.07, 6.45) is 1.75. The lowest BCUT2D eigenvalue weighted by Crippen LogP contribution is -2.53. The van der Waals surface area contributed by atoms with Crippen LogP contribution in [0.25, 0.3) is 0 Å². The Kier molecular flexibility index (Phi) is 7.80. The maximum atomic E-state index is 6.00. The zero-order valence-corrected chi connectivity index (χ0v) is 16.1. The molecule has 2 heterocycles. The van der Waals surface area contributed by atoms with Crippen LogP contribution >= 0.6 is 0 Å². The van der Waals surface area contributed by atoms with E-state index in [-0.39, 0.29) is 0 Å². The van der Waals surface area contributed by atoms with Gasteiger partial charge in [-0.15, -0.1) is 0 Å². The average Bonchev–Trinajstić information content (AvgIpc) is 2.48. The number of nitrogens with zero attached hydrogens (tertiary/aromatic N) is 3. The monoisotopic (exact) mass is 325 g/mol. The second kappa shape index (κ2) is 9.36. The molecular formula is C19H39N3O. The topological polar surface area (TPSA) is 19.0 Å². The molecule has 4 nitrogen and oxygen atoms in total. The smallest absolute Gasteiger partial charge is 0.0829 e. The van der Waals surface area contributed by atoms with Gasteiger partial charge < -0.3 is 9.64 Å². The first-order valence-electron chi connectivity index (χ1n) is 9.74. The van der Waals surface area contributed by atoms with Gasteiger partial charge in [-0.3, -0.25) is 9.80 Å². The van der Waals surface area contributed by atoms with E-state index in [0.717, 1.165) is 38.1 Å². The molecule has 0 bridgehead atoms. The number of ether oxygens (including phenoxy) is 1. The van der Waals surface area contributed by atoms with E-state index in [1.54, 1.807) is 0 Å². The van der Waals surface area contributed by atoms with Crippen LogP contribution in [0.5, 0.6) is 0 Å². The fourth-order valence-corrected chi connectivity index (χ4v) is 4.08. The third-order valence-corrected chi connectivity index (χ3v) is 5.27. The van der Waals surface area contributed by atoms with E-state index >= 15 is 0 Å². The molecule has 0 aromatic carbocycles. The largest absolute Gasteiger partial charge is 0.374 e. The first kappa shape index (κ1) is 19.2. The van der Waals surface area contributed by atoms with Crippen molar-refractivity contribution in [3.63, 3.8) is 0 Å². The number of hydrogen-bond donors (Lipinski definition) is 0. The van der Waals surface area contributed by atoms with Crippen molar-refractivity contribution in [1.82, 2.24) is 14.7 Å². The Morgan fingerprint density at radius 1 is 0.913 bits per heavy atom. The first-order chi connectivity index (χ1) is 10.9. The molecule has 0 N–H and O–H groups in total. The van der Waals surface area contributed by atoms with Gasteiger partial charge in [0.1, 0.15) is 0 Å². The third-order valence-electron chi connectivity index (χ3n) is 5.27. The summed E-state index contributed by atoms with van der Waals surface area (Å²) in [6.45, 7) is 22.0. The van der Waals surface area contributed by atoms with Crippen LogP contribution < -0.4 is 0 Å². The van der Waals surface area contributed by atoms with Crippen LogP contribution in [0, 0.1) is 11.8 Å². The minimum Gasteiger partial charge on any atom is -0.374 e. The summed E-state index contributed by atoms with van der Waals surface area (Å²) < 4.78 is 6.00. The van der Waals surface area contributed by atoms with Crippen LogP contribution in [-0.4, -0.2) is 85.8 Å². The summed E-state index contributed by atoms with van der Waals surface area (Å²) in [5.41, 5.74) is 0. The molecule has 136 valence electrons. The highest BCUT2D eigenvalue weighted by Gasteiger charge is 2.26. The Labute approximate surface area is 144 Å². The predicted octanol–water partition coefficient (Wildman–Crippen LogP) is 2.40. The zero-order chi connectivity index (χ0) is 16.8. The van der Waals surface area contributed by atoms with Crippen LogP contribution in [-0.2, 0) is 4.74 Å². The van der Waals surface area contributed by atoms with Crippen LogP contribution in [0.15, 0.2) is 0 Å². The minimum atomic E-state index is 0.401. The lowest BCUT2D eigenvalue weighted by molar-refractivity contribution is -0.0566. The number of hydrogen-bond acceptors (Lipinski definition) is 4. The SMILES string of the molecule is CC(C)C[C@@H](C)CN1CCN(C[C@H]2CN(C(C)C)CCO2)CC1. The van der Waals surface area contributed by atoms with E-state index in [1.165, 1.54) is 39.1 Å². The highest BCUT2D eigenvalue weighted by atomic mass is 16.5. The summed E-state index contributed by atoms with van der Waals surface area (Å²) in [7, 11) is 0. The molecule has 2 aliphatic heterocycles. The van der Waals surface area contributed by atoms with Crippen LogP contribution in [0.2, 0.25) is 0 Å². The van der Waals surface area contributed by atoms with Gasteiger partial charge in [0, 0.05) is 58.4 Å². The number of piperazine rings is 1. The molecule has 2 atom stereocenters. The highest BCUT2D eigenvalue weighted by Crippen LogP contribution is 2.15. The van der Waals surface area contributed by atoms with Crippen molar-refractivity contribution >= 4 is 0 Å². The molecule has 0 aromatic heterocycles. The van der Waals surface area contributed by atoms with Crippen LogP contribution in [0.4, 0.5) is 0 Å². The van der Waals surface area contributed by atoms with Gasteiger partial charge >= 0.3 is 0 Å². The fourth-order valence-electron chi connectivity index (χ4n) is 4.08. The molecule has 0 saturated carbocycles. The summed E-state index contributed by atoms with van der Waals surface area (Å²) in [5.74, 6) is 1.64. The summed E-state index contributed by atoms with van der Waals surface area (Å²) in [4.78, 5) is 7.82. The van der Waals surface area contributed by atoms with Crippen molar-refractivity contribution in [1.29, 1.82) is 0 Å². The van der Waals surface area contributed by atoms with Crippen molar-refractivity contribution < 1.29 is 4.74 Å². The lowest BCUT2D eigenvalue weighted by Gasteiger charge is -2.40. The Hall–Kier alpha value is -0.160. The molecule has 4 heteroatoms. The van der Waals surface area contributed by atoms with Crippen LogP contribution in [0.1, 0.15) is 41.0 Å². The van der Waals surface area contributed by atoms with Gasteiger partial charge in [0.2, 0.25) is 0 Å². The van der Waals surface area contributed by atoms with Gasteiger partial charge in [-0.1, -0.05) is 20.8 Å². The minimum absolute atomic E-state index is 0.401. The fraction of sp³-hybridized carbons (Fsp3) is 1.00.